The number of oxime groups is 1. The standard InChI is InChI=1S/C70H124N4O26/c1-47-60(85)62(87)54(39-75)98-65(47)94-33-17-14-25-50(78)21-10-8-12-23-52(80)28-36-91-44-70(74-59(84)42-97-73-43-68(4,5)6,45-92-37-29-53(81)24-13-9-11-22-51(79)26-15-18-34-95-66-48(2)61(86)63(88)55(40-76)99-66)46-93-38-30-58(83)72-32-20-31-71-57(82)27-16-19-35-96-67-49(3)64(89)69(7,90)56(41-77)100-67/h43,47-49,54-56,60-67,75-77,85-90H,8-42,44-46H2,1-7H3,(H,71,82)(H,72,83)(H,74,84)/t47-,48-,49-,54?,55?,56?,60?,61?,62-,63-,64?,65+,66+,67+,69-,70?/m1/s1. The number of amides is 3. The average molecular weight is 1440 g/mol. The summed E-state index contributed by atoms with van der Waals surface area (Å²) in [6, 6.07) is 0. The van der Waals surface area contributed by atoms with E-state index in [4.69, 9.17) is 47.5 Å². The number of aliphatic hydroxyl groups excluding tert-OH is 8. The molecule has 0 bridgehead atoms. The van der Waals surface area contributed by atoms with Crippen molar-refractivity contribution in [3.8, 4) is 0 Å². The van der Waals surface area contributed by atoms with Gasteiger partial charge in [-0.05, 0) is 77.6 Å². The molecule has 3 amide bonds. The molecule has 3 heterocycles. The van der Waals surface area contributed by atoms with E-state index in [1.807, 2.05) is 20.8 Å². The number of aliphatic hydroxyl groups is 9. The van der Waals surface area contributed by atoms with Gasteiger partial charge < -0.3 is 109 Å². The van der Waals surface area contributed by atoms with Crippen molar-refractivity contribution >= 4 is 47.1 Å². The van der Waals surface area contributed by atoms with Crippen LogP contribution in [0.25, 0.3) is 0 Å². The summed E-state index contributed by atoms with van der Waals surface area (Å²) in [5.41, 5.74) is -3.39. The van der Waals surface area contributed by atoms with Gasteiger partial charge in [-0.2, -0.15) is 0 Å². The van der Waals surface area contributed by atoms with E-state index in [0.29, 0.717) is 116 Å². The van der Waals surface area contributed by atoms with E-state index in [-0.39, 0.29) is 145 Å². The Balaban J connectivity index is 1.48. The Kier molecular flexibility index (Phi) is 44.6. The first-order chi connectivity index (χ1) is 47.6. The number of rotatable bonds is 56. The Morgan fingerprint density at radius 3 is 1.25 bits per heavy atom. The largest absolute Gasteiger partial charge is 0.394 e. The highest BCUT2D eigenvalue weighted by atomic mass is 16.7. The van der Waals surface area contributed by atoms with Crippen LogP contribution in [0, 0.1) is 23.2 Å². The minimum absolute atomic E-state index is 0.0259. The first-order valence-electron chi connectivity index (χ1n) is 36.2. The number of hydrogen-bond acceptors (Lipinski definition) is 27. The first kappa shape index (κ1) is 90.1. The van der Waals surface area contributed by atoms with Crippen LogP contribution in [0.2, 0.25) is 0 Å². The molecule has 3 rings (SSSR count). The molecule has 30 nitrogen and oxygen atoms in total. The van der Waals surface area contributed by atoms with Crippen molar-refractivity contribution in [1.82, 2.24) is 16.0 Å². The number of Topliss-reactive ketones (excluding diaryl/α,β-unsaturated/α-hetero) is 4. The highest BCUT2D eigenvalue weighted by molar-refractivity contribution is 5.80. The summed E-state index contributed by atoms with van der Waals surface area (Å²) in [6.07, 6.45) is 0.0220. The first-order valence-corrected chi connectivity index (χ1v) is 36.2. The van der Waals surface area contributed by atoms with Gasteiger partial charge in [-0.1, -0.05) is 59.5 Å². The Morgan fingerprint density at radius 2 is 0.840 bits per heavy atom. The van der Waals surface area contributed by atoms with E-state index in [9.17, 15) is 79.5 Å². The molecule has 0 aliphatic carbocycles. The highest BCUT2D eigenvalue weighted by Crippen LogP contribution is 2.34. The van der Waals surface area contributed by atoms with Crippen LogP contribution in [-0.2, 0) is 81.0 Å². The lowest BCUT2D eigenvalue weighted by Gasteiger charge is -2.46. The number of ketones is 4. The van der Waals surface area contributed by atoms with E-state index in [1.165, 1.54) is 6.92 Å². The summed E-state index contributed by atoms with van der Waals surface area (Å²) in [5.74, 6) is -2.65. The fourth-order valence-electron chi connectivity index (χ4n) is 11.4. The van der Waals surface area contributed by atoms with E-state index >= 15 is 0 Å². The maximum Gasteiger partial charge on any atom is 0.261 e. The van der Waals surface area contributed by atoms with Crippen LogP contribution in [0.5, 0.6) is 0 Å². The number of unbranched alkanes of at least 4 members (excludes halogenated alkanes) is 7. The van der Waals surface area contributed by atoms with Crippen molar-refractivity contribution in [2.24, 2.45) is 28.3 Å². The second-order valence-corrected chi connectivity index (χ2v) is 28.3. The highest BCUT2D eigenvalue weighted by Gasteiger charge is 2.51. The van der Waals surface area contributed by atoms with Crippen LogP contribution in [0.3, 0.4) is 0 Å². The summed E-state index contributed by atoms with van der Waals surface area (Å²) in [4.78, 5) is 95.8. The molecule has 3 fully saturated rings. The molecule has 6 unspecified atom stereocenters. The summed E-state index contributed by atoms with van der Waals surface area (Å²) in [6.45, 7) is 10.8. The summed E-state index contributed by atoms with van der Waals surface area (Å²) < 4.78 is 52.3. The molecule has 100 heavy (non-hydrogen) atoms. The molecule has 0 spiro atoms. The van der Waals surface area contributed by atoms with E-state index < -0.39 is 129 Å². The number of ether oxygens (including phenoxy) is 9. The van der Waals surface area contributed by atoms with Gasteiger partial charge in [-0.15, -0.1) is 0 Å². The van der Waals surface area contributed by atoms with Crippen LogP contribution in [0.4, 0.5) is 0 Å². The molecule has 580 valence electrons. The monoisotopic (exact) mass is 1440 g/mol. The van der Waals surface area contributed by atoms with Gasteiger partial charge in [0, 0.05) is 127 Å². The third kappa shape index (κ3) is 35.5. The van der Waals surface area contributed by atoms with Gasteiger partial charge >= 0.3 is 0 Å². The topological polar surface area (TPSA) is 442 Å². The summed E-state index contributed by atoms with van der Waals surface area (Å²) >= 11 is 0. The zero-order valence-corrected chi connectivity index (χ0v) is 60.4. The number of carbonyl (C=O) groups excluding carboxylic acids is 7. The van der Waals surface area contributed by atoms with Crippen molar-refractivity contribution in [3.63, 3.8) is 0 Å². The van der Waals surface area contributed by atoms with Gasteiger partial charge in [0.2, 0.25) is 11.8 Å². The van der Waals surface area contributed by atoms with Crippen LogP contribution >= 0.6 is 0 Å². The maximum atomic E-state index is 13.6. The van der Waals surface area contributed by atoms with E-state index in [1.54, 1.807) is 27.0 Å². The van der Waals surface area contributed by atoms with Gasteiger partial charge in [0.15, 0.2) is 25.5 Å². The molecule has 30 heteroatoms. The van der Waals surface area contributed by atoms with E-state index in [0.717, 1.165) is 0 Å². The van der Waals surface area contributed by atoms with Gasteiger partial charge in [-0.3, -0.25) is 33.6 Å². The minimum atomic E-state index is -1.63. The molecule has 0 aromatic carbocycles. The molecular weight excluding hydrogens is 1310 g/mol. The fourth-order valence-corrected chi connectivity index (χ4v) is 11.4. The normalized spacial score (nSPS) is 27.0. The molecule has 0 aromatic heterocycles. The molecule has 3 saturated heterocycles. The molecule has 0 aromatic rings. The van der Waals surface area contributed by atoms with Crippen molar-refractivity contribution in [1.29, 1.82) is 0 Å². The SMILES string of the molecule is C[C@@H]1C(O)[C@H](O)C(CO)O[C@@H]1OCCCCC(=O)CCCCCC(=O)CCOCC(COCCC(=O)CCCCCC(=O)CCCCO[C@H]1OC(CO)[C@@H](O)C(O)[C@H]1C)(COCCC(=O)NCCCNC(=O)CCCCO[C@H]1OC(CO)[C@@](C)(O)C(O)[C@H]1C)NC(=O)CON=CC(C)(C)C. The summed E-state index contributed by atoms with van der Waals surface area (Å²) in [5, 5.41) is 103. The molecule has 0 saturated carbocycles. The quantitative estimate of drug-likeness (QED) is 0.0236. The van der Waals surface area contributed by atoms with Crippen molar-refractivity contribution in [2.45, 2.75) is 275 Å². The fraction of sp³-hybridized carbons (Fsp3) is 0.886. The van der Waals surface area contributed by atoms with Gasteiger partial charge in [0.25, 0.3) is 5.91 Å². The number of nitrogens with zero attached hydrogens (tertiary/aromatic N) is 1. The molecule has 3 aliphatic rings. The second-order valence-electron chi connectivity index (χ2n) is 28.3. The van der Waals surface area contributed by atoms with E-state index in [2.05, 4.69) is 21.1 Å². The number of nitrogens with one attached hydrogen (secondary N) is 3. The van der Waals surface area contributed by atoms with Crippen LogP contribution in [0.1, 0.15) is 196 Å². The zero-order chi connectivity index (χ0) is 74.1. The number of carbonyl (C=O) groups is 7. The molecule has 12 N–H and O–H groups in total. The zero-order valence-electron chi connectivity index (χ0n) is 60.4. The van der Waals surface area contributed by atoms with Gasteiger partial charge in [0.1, 0.15) is 64.8 Å². The van der Waals surface area contributed by atoms with Crippen molar-refractivity contribution in [3.05, 3.63) is 0 Å². The van der Waals surface area contributed by atoms with Gasteiger partial charge in [0.05, 0.1) is 77.8 Å². The summed E-state index contributed by atoms with van der Waals surface area (Å²) in [7, 11) is 0. The van der Waals surface area contributed by atoms with Crippen molar-refractivity contribution < 1.29 is 127 Å². The minimum Gasteiger partial charge on any atom is -0.394 e. The second kappa shape index (κ2) is 49.5. The van der Waals surface area contributed by atoms with Crippen LogP contribution < -0.4 is 16.0 Å². The number of hydrogen-bond donors (Lipinski definition) is 12. The van der Waals surface area contributed by atoms with Crippen LogP contribution in [-0.4, -0.2) is 271 Å². The molecule has 3 aliphatic heterocycles. The Bertz CT molecular complexity index is 2270. The van der Waals surface area contributed by atoms with Gasteiger partial charge in [-0.25, -0.2) is 0 Å². The average Bonchev–Trinajstić information content (AvgIpc) is 0.806. The molecule has 0 radical (unpaired) electrons. The predicted octanol–water partition coefficient (Wildman–Crippen LogP) is 2.09. The molecular formula is C70H124N4O26. The van der Waals surface area contributed by atoms with Crippen molar-refractivity contribution in [2.75, 3.05) is 99.0 Å². The maximum absolute atomic E-state index is 13.6. The molecule has 15 atom stereocenters. The Hall–Kier alpha value is -4.16. The Labute approximate surface area is 590 Å². The smallest absolute Gasteiger partial charge is 0.261 e. The van der Waals surface area contributed by atoms with Crippen LogP contribution in [0.15, 0.2) is 5.16 Å². The third-order valence-electron chi connectivity index (χ3n) is 18.0. The predicted molar refractivity (Wildman–Crippen MR) is 363 cm³/mol. The third-order valence-corrected chi connectivity index (χ3v) is 18.0. The lowest BCUT2D eigenvalue weighted by Crippen LogP contribution is -2.62. The Morgan fingerprint density at radius 1 is 0.460 bits per heavy atom. The lowest BCUT2D eigenvalue weighted by atomic mass is 9.82. The lowest BCUT2D eigenvalue weighted by molar-refractivity contribution is -0.311.